The van der Waals surface area contributed by atoms with E-state index in [0.29, 0.717) is 12.1 Å². The van der Waals surface area contributed by atoms with Crippen LogP contribution in [0.3, 0.4) is 0 Å². The molecule has 1 saturated heterocycles. The minimum Gasteiger partial charge on any atom is -0.382 e. The van der Waals surface area contributed by atoms with Gasteiger partial charge in [0.2, 0.25) is 0 Å². The maximum atomic E-state index is 3.67. The summed E-state index contributed by atoms with van der Waals surface area (Å²) in [6, 6.07) is 5.56. The van der Waals surface area contributed by atoms with Gasteiger partial charge in [-0.2, -0.15) is 0 Å². The number of halogens is 1. The molecule has 0 bridgehead atoms. The van der Waals surface area contributed by atoms with Crippen molar-refractivity contribution in [3.63, 3.8) is 0 Å². The summed E-state index contributed by atoms with van der Waals surface area (Å²) in [6.07, 6.45) is 3.85. The Morgan fingerprint density at radius 2 is 2.06 bits per heavy atom. The second kappa shape index (κ2) is 6.07. The first-order valence-electron chi connectivity index (χ1n) is 6.83. The van der Waals surface area contributed by atoms with Crippen LogP contribution in [0.25, 0.3) is 0 Å². The van der Waals surface area contributed by atoms with Crippen molar-refractivity contribution in [1.29, 1.82) is 0 Å². The van der Waals surface area contributed by atoms with Crippen molar-refractivity contribution < 1.29 is 0 Å². The van der Waals surface area contributed by atoms with E-state index in [1.807, 2.05) is 0 Å². The van der Waals surface area contributed by atoms with Gasteiger partial charge in [-0.25, -0.2) is 0 Å². The summed E-state index contributed by atoms with van der Waals surface area (Å²) in [5.41, 5.74) is 3.92. The fraction of sp³-hybridized carbons (Fsp3) is 0.600. The van der Waals surface area contributed by atoms with Crippen LogP contribution in [0.15, 0.2) is 16.6 Å². The summed E-state index contributed by atoms with van der Waals surface area (Å²) < 4.78 is 1.16. The Morgan fingerprint density at radius 3 is 2.61 bits per heavy atom. The van der Waals surface area contributed by atoms with Crippen molar-refractivity contribution in [2.75, 3.05) is 11.9 Å². The number of hydrogen-bond acceptors (Lipinski definition) is 2. The van der Waals surface area contributed by atoms with Crippen molar-refractivity contribution in [2.24, 2.45) is 0 Å². The minimum atomic E-state index is 0.513. The molecule has 2 rings (SSSR count). The van der Waals surface area contributed by atoms with Crippen LogP contribution in [0.5, 0.6) is 0 Å². The van der Waals surface area contributed by atoms with Gasteiger partial charge in [0.05, 0.1) is 0 Å². The molecule has 1 fully saturated rings. The fourth-order valence-corrected chi connectivity index (χ4v) is 3.52. The minimum absolute atomic E-state index is 0.513. The summed E-state index contributed by atoms with van der Waals surface area (Å²) in [5, 5.41) is 7.24. The van der Waals surface area contributed by atoms with E-state index in [1.54, 1.807) is 0 Å². The molecular formula is C15H23BrN2. The Morgan fingerprint density at radius 1 is 1.39 bits per heavy atom. The largest absolute Gasteiger partial charge is 0.382 e. The van der Waals surface area contributed by atoms with Gasteiger partial charge in [-0.3, -0.25) is 0 Å². The highest BCUT2D eigenvalue weighted by molar-refractivity contribution is 9.10. The summed E-state index contributed by atoms with van der Waals surface area (Å²) in [4.78, 5) is 0. The zero-order valence-corrected chi connectivity index (χ0v) is 13.1. The van der Waals surface area contributed by atoms with E-state index >= 15 is 0 Å². The fourth-order valence-electron chi connectivity index (χ4n) is 2.83. The molecule has 0 saturated carbocycles. The van der Waals surface area contributed by atoms with Crippen LogP contribution in [0.2, 0.25) is 0 Å². The van der Waals surface area contributed by atoms with Crippen molar-refractivity contribution >= 4 is 21.6 Å². The van der Waals surface area contributed by atoms with Gasteiger partial charge in [-0.15, -0.1) is 0 Å². The van der Waals surface area contributed by atoms with Crippen LogP contribution in [-0.2, 0) is 0 Å². The van der Waals surface area contributed by atoms with E-state index in [4.69, 9.17) is 0 Å². The van der Waals surface area contributed by atoms with Gasteiger partial charge in [-0.1, -0.05) is 15.9 Å². The van der Waals surface area contributed by atoms with E-state index < -0.39 is 0 Å². The van der Waals surface area contributed by atoms with Gasteiger partial charge in [0.1, 0.15) is 0 Å². The summed E-state index contributed by atoms with van der Waals surface area (Å²) >= 11 is 3.55. The highest BCUT2D eigenvalue weighted by atomic mass is 79.9. The molecule has 0 radical (unpaired) electrons. The first-order valence-corrected chi connectivity index (χ1v) is 7.62. The first kappa shape index (κ1) is 13.9. The van der Waals surface area contributed by atoms with Crippen LogP contribution in [0, 0.1) is 13.8 Å². The van der Waals surface area contributed by atoms with E-state index in [0.717, 1.165) is 4.47 Å². The Kier molecular flexibility index (Phi) is 4.68. The molecule has 2 nitrogen and oxygen atoms in total. The average Bonchev–Trinajstić information content (AvgIpc) is 2.76. The molecule has 3 heteroatoms. The number of aryl methyl sites for hydroxylation is 2. The highest BCUT2D eigenvalue weighted by Gasteiger charge is 2.17. The van der Waals surface area contributed by atoms with Crippen molar-refractivity contribution in [2.45, 2.75) is 52.1 Å². The first-order chi connectivity index (χ1) is 8.56. The Balaban J connectivity index is 1.99. The van der Waals surface area contributed by atoms with Crippen LogP contribution in [0.1, 0.15) is 37.3 Å². The smallest absolute Gasteiger partial charge is 0.0402 e. The van der Waals surface area contributed by atoms with Crippen LogP contribution < -0.4 is 10.6 Å². The topological polar surface area (TPSA) is 24.1 Å². The van der Waals surface area contributed by atoms with E-state index in [9.17, 15) is 0 Å². The van der Waals surface area contributed by atoms with E-state index in [2.05, 4.69) is 59.5 Å². The third-order valence-corrected chi connectivity index (χ3v) is 4.15. The standard InChI is InChI=1S/C15H23BrN2/c1-10-7-13(16)8-11(2)15(10)18-12(3)9-14-5-4-6-17-14/h7-8,12,14,17-18H,4-6,9H2,1-3H3. The Labute approximate surface area is 119 Å². The second-order valence-corrected chi connectivity index (χ2v) is 6.40. The van der Waals surface area contributed by atoms with Gasteiger partial charge in [0.25, 0.3) is 0 Å². The number of nitrogens with one attached hydrogen (secondary N) is 2. The van der Waals surface area contributed by atoms with Crippen molar-refractivity contribution in [1.82, 2.24) is 5.32 Å². The summed E-state index contributed by atoms with van der Waals surface area (Å²) in [6.45, 7) is 7.80. The van der Waals surface area contributed by atoms with Gasteiger partial charge in [-0.05, 0) is 69.8 Å². The van der Waals surface area contributed by atoms with Crippen molar-refractivity contribution in [3.8, 4) is 0 Å². The molecule has 2 atom stereocenters. The third-order valence-electron chi connectivity index (χ3n) is 3.69. The van der Waals surface area contributed by atoms with Crippen LogP contribution in [0.4, 0.5) is 5.69 Å². The average molecular weight is 311 g/mol. The lowest BCUT2D eigenvalue weighted by Gasteiger charge is -2.22. The zero-order chi connectivity index (χ0) is 13.1. The molecule has 18 heavy (non-hydrogen) atoms. The van der Waals surface area contributed by atoms with Gasteiger partial charge >= 0.3 is 0 Å². The van der Waals surface area contributed by atoms with Crippen LogP contribution in [-0.4, -0.2) is 18.6 Å². The predicted molar refractivity (Wildman–Crippen MR) is 82.3 cm³/mol. The normalized spacial score (nSPS) is 21.0. The van der Waals surface area contributed by atoms with E-state index in [1.165, 1.54) is 42.6 Å². The molecule has 1 heterocycles. The maximum absolute atomic E-state index is 3.67. The lowest BCUT2D eigenvalue weighted by molar-refractivity contribution is 0.523. The van der Waals surface area contributed by atoms with Gasteiger partial charge in [0, 0.05) is 22.2 Å². The lowest BCUT2D eigenvalue weighted by atomic mass is 10.0. The molecular weight excluding hydrogens is 288 g/mol. The lowest BCUT2D eigenvalue weighted by Crippen LogP contribution is -2.29. The monoisotopic (exact) mass is 310 g/mol. The second-order valence-electron chi connectivity index (χ2n) is 5.49. The molecule has 0 aliphatic carbocycles. The highest BCUT2D eigenvalue weighted by Crippen LogP contribution is 2.26. The number of anilines is 1. The molecule has 2 unspecified atom stereocenters. The third kappa shape index (κ3) is 3.48. The Hall–Kier alpha value is -0.540. The van der Waals surface area contributed by atoms with Crippen molar-refractivity contribution in [3.05, 3.63) is 27.7 Å². The molecule has 2 N–H and O–H groups in total. The van der Waals surface area contributed by atoms with E-state index in [-0.39, 0.29) is 0 Å². The molecule has 1 aromatic rings. The molecule has 0 aromatic heterocycles. The molecule has 0 spiro atoms. The van der Waals surface area contributed by atoms with Gasteiger partial charge < -0.3 is 10.6 Å². The van der Waals surface area contributed by atoms with Crippen LogP contribution >= 0.6 is 15.9 Å². The SMILES string of the molecule is Cc1cc(Br)cc(C)c1NC(C)CC1CCCN1. The predicted octanol–water partition coefficient (Wildman–Crippen LogP) is 4.01. The molecule has 1 aliphatic heterocycles. The molecule has 100 valence electrons. The Bertz CT molecular complexity index is 388. The summed E-state index contributed by atoms with van der Waals surface area (Å²) in [7, 11) is 0. The summed E-state index contributed by atoms with van der Waals surface area (Å²) in [5.74, 6) is 0. The number of hydrogen-bond donors (Lipinski definition) is 2. The molecule has 1 aromatic carbocycles. The number of rotatable bonds is 4. The quantitative estimate of drug-likeness (QED) is 0.878. The van der Waals surface area contributed by atoms with Gasteiger partial charge in [0.15, 0.2) is 0 Å². The number of benzene rings is 1. The molecule has 1 aliphatic rings. The maximum Gasteiger partial charge on any atom is 0.0402 e. The molecule has 0 amide bonds. The zero-order valence-electron chi connectivity index (χ0n) is 11.5.